The molecule has 0 aliphatic heterocycles. The van der Waals surface area contributed by atoms with Gasteiger partial charge in [0, 0.05) is 16.8 Å². The fourth-order valence-corrected chi connectivity index (χ4v) is 3.05. The quantitative estimate of drug-likeness (QED) is 0.322. The fraction of sp³-hybridized carbons (Fsp3) is 0.238. The number of nitrogens with two attached hydrogens (primary N) is 1. The molecule has 1 heterocycles. The molecule has 0 bridgehead atoms. The van der Waals surface area contributed by atoms with Crippen LogP contribution in [-0.2, 0) is 6.42 Å². The Hall–Kier alpha value is -2.86. The van der Waals surface area contributed by atoms with E-state index < -0.39 is 5.91 Å². The number of carbonyl (C=O) groups excluding carboxylic acids is 1. The fourth-order valence-electron chi connectivity index (χ4n) is 2.83. The molecule has 0 unspecified atom stereocenters. The maximum atomic E-state index is 12.3. The number of rotatable bonds is 6. The second-order valence-corrected chi connectivity index (χ2v) is 6.88. The number of amides is 1. The maximum absolute atomic E-state index is 12.3. The third-order valence-electron chi connectivity index (χ3n) is 4.27. The van der Waals surface area contributed by atoms with Crippen LogP contribution in [0.1, 0.15) is 42.3 Å². The zero-order valence-corrected chi connectivity index (χ0v) is 16.1. The first-order valence-electron chi connectivity index (χ1n) is 9.05. The summed E-state index contributed by atoms with van der Waals surface area (Å²) >= 11 is 5.23. The molecule has 5 nitrogen and oxygen atoms in total. The third-order valence-corrected chi connectivity index (χ3v) is 4.48. The number of fused-ring (bicyclic) bond motifs is 1. The summed E-state index contributed by atoms with van der Waals surface area (Å²) in [5.74, 6) is -0.218. The SMILES string of the molecule is CCCCCc1ccc(NC(=S)NC(=O)c2cc3cc(N)ccc3o2)cc1. The number of carbonyl (C=O) groups is 1. The van der Waals surface area contributed by atoms with E-state index in [2.05, 4.69) is 29.7 Å². The number of hydrogen-bond acceptors (Lipinski definition) is 4. The minimum atomic E-state index is -0.404. The lowest BCUT2D eigenvalue weighted by atomic mass is 10.1. The smallest absolute Gasteiger partial charge is 0.293 e. The van der Waals surface area contributed by atoms with E-state index in [0.717, 1.165) is 17.5 Å². The summed E-state index contributed by atoms with van der Waals surface area (Å²) in [6.45, 7) is 2.20. The highest BCUT2D eigenvalue weighted by Crippen LogP contribution is 2.21. The van der Waals surface area contributed by atoms with Gasteiger partial charge in [0.2, 0.25) is 0 Å². The molecular weight excluding hydrogens is 358 g/mol. The lowest BCUT2D eigenvalue weighted by molar-refractivity contribution is 0.0953. The molecule has 6 heteroatoms. The highest BCUT2D eigenvalue weighted by molar-refractivity contribution is 7.80. The van der Waals surface area contributed by atoms with Crippen LogP contribution in [0.15, 0.2) is 52.9 Å². The highest BCUT2D eigenvalue weighted by atomic mass is 32.1. The number of unbranched alkanes of at least 4 members (excludes halogenated alkanes) is 2. The Morgan fingerprint density at radius 3 is 2.63 bits per heavy atom. The minimum Gasteiger partial charge on any atom is -0.451 e. The molecule has 0 aliphatic rings. The van der Waals surface area contributed by atoms with Gasteiger partial charge < -0.3 is 15.5 Å². The number of anilines is 2. The Balaban J connectivity index is 1.57. The summed E-state index contributed by atoms with van der Waals surface area (Å²) in [4.78, 5) is 12.3. The van der Waals surface area contributed by atoms with Gasteiger partial charge in [0.05, 0.1) is 0 Å². The second-order valence-electron chi connectivity index (χ2n) is 6.47. The lowest BCUT2D eigenvalue weighted by Crippen LogP contribution is -2.33. The van der Waals surface area contributed by atoms with Crippen molar-refractivity contribution in [2.75, 3.05) is 11.1 Å². The van der Waals surface area contributed by atoms with Crippen molar-refractivity contribution in [3.63, 3.8) is 0 Å². The van der Waals surface area contributed by atoms with E-state index in [4.69, 9.17) is 22.4 Å². The number of nitrogen functional groups attached to an aromatic ring is 1. The van der Waals surface area contributed by atoms with Gasteiger partial charge in [-0.2, -0.15) is 0 Å². The van der Waals surface area contributed by atoms with Crippen LogP contribution in [-0.4, -0.2) is 11.0 Å². The lowest BCUT2D eigenvalue weighted by Gasteiger charge is -2.09. The molecule has 0 atom stereocenters. The number of nitrogens with one attached hydrogen (secondary N) is 2. The van der Waals surface area contributed by atoms with Gasteiger partial charge in [-0.1, -0.05) is 31.9 Å². The van der Waals surface area contributed by atoms with Crippen LogP contribution in [0.5, 0.6) is 0 Å². The Labute approximate surface area is 163 Å². The summed E-state index contributed by atoms with van der Waals surface area (Å²) < 4.78 is 5.54. The molecule has 3 rings (SSSR count). The van der Waals surface area contributed by atoms with Crippen LogP contribution in [0.2, 0.25) is 0 Å². The van der Waals surface area contributed by atoms with Gasteiger partial charge in [0.15, 0.2) is 10.9 Å². The molecule has 0 aliphatic carbocycles. The first kappa shape index (κ1) is 18.9. The van der Waals surface area contributed by atoms with Crippen LogP contribution in [0.3, 0.4) is 0 Å². The largest absolute Gasteiger partial charge is 0.451 e. The number of thiocarbonyl (C=S) groups is 1. The Morgan fingerprint density at radius 1 is 1.11 bits per heavy atom. The molecule has 0 saturated carbocycles. The van der Waals surface area contributed by atoms with Crippen LogP contribution in [0.4, 0.5) is 11.4 Å². The van der Waals surface area contributed by atoms with E-state index >= 15 is 0 Å². The van der Waals surface area contributed by atoms with Gasteiger partial charge >= 0.3 is 0 Å². The predicted octanol–water partition coefficient (Wildman–Crippen LogP) is 4.87. The molecule has 1 aromatic heterocycles. The second kappa shape index (κ2) is 8.68. The van der Waals surface area contributed by atoms with Crippen molar-refractivity contribution in [1.82, 2.24) is 5.32 Å². The predicted molar refractivity (Wildman–Crippen MR) is 114 cm³/mol. The standard InChI is InChI=1S/C21H23N3O2S/c1-2-3-4-5-14-6-9-17(10-7-14)23-21(27)24-20(25)19-13-15-12-16(22)8-11-18(15)26-19/h6-13H,2-5,22H2,1H3,(H2,23,24,25,27). The molecule has 0 spiro atoms. The van der Waals surface area contributed by atoms with Gasteiger partial charge in [0.25, 0.3) is 5.91 Å². The van der Waals surface area contributed by atoms with E-state index in [0.29, 0.717) is 11.3 Å². The van der Waals surface area contributed by atoms with Gasteiger partial charge in [-0.3, -0.25) is 10.1 Å². The van der Waals surface area contributed by atoms with E-state index in [1.54, 1.807) is 24.3 Å². The van der Waals surface area contributed by atoms with Crippen molar-refractivity contribution in [2.45, 2.75) is 32.6 Å². The molecule has 0 saturated heterocycles. The van der Waals surface area contributed by atoms with E-state index in [1.807, 2.05) is 12.1 Å². The normalized spacial score (nSPS) is 10.7. The van der Waals surface area contributed by atoms with Crippen molar-refractivity contribution in [2.24, 2.45) is 0 Å². The van der Waals surface area contributed by atoms with Crippen molar-refractivity contribution < 1.29 is 9.21 Å². The van der Waals surface area contributed by atoms with E-state index in [1.165, 1.54) is 24.8 Å². The summed E-state index contributed by atoms with van der Waals surface area (Å²) in [5, 5.41) is 6.65. The summed E-state index contributed by atoms with van der Waals surface area (Å²) in [7, 11) is 0. The molecule has 140 valence electrons. The van der Waals surface area contributed by atoms with Crippen LogP contribution in [0.25, 0.3) is 11.0 Å². The van der Waals surface area contributed by atoms with Crippen molar-refractivity contribution in [1.29, 1.82) is 0 Å². The van der Waals surface area contributed by atoms with Gasteiger partial charge in [-0.25, -0.2) is 0 Å². The molecule has 1 amide bonds. The topological polar surface area (TPSA) is 80.3 Å². The van der Waals surface area contributed by atoms with Crippen molar-refractivity contribution in [3.05, 3.63) is 59.9 Å². The summed E-state index contributed by atoms with van der Waals surface area (Å²) in [6.07, 6.45) is 4.73. The van der Waals surface area contributed by atoms with Crippen LogP contribution < -0.4 is 16.4 Å². The molecule has 27 heavy (non-hydrogen) atoms. The maximum Gasteiger partial charge on any atom is 0.293 e. The van der Waals surface area contributed by atoms with E-state index in [9.17, 15) is 4.79 Å². The Morgan fingerprint density at radius 2 is 1.89 bits per heavy atom. The first-order valence-corrected chi connectivity index (χ1v) is 9.46. The number of hydrogen-bond donors (Lipinski definition) is 3. The number of benzene rings is 2. The summed E-state index contributed by atoms with van der Waals surface area (Å²) in [6, 6.07) is 14.9. The van der Waals surface area contributed by atoms with Gasteiger partial charge in [0.1, 0.15) is 5.58 Å². The van der Waals surface area contributed by atoms with E-state index in [-0.39, 0.29) is 10.9 Å². The van der Waals surface area contributed by atoms with Crippen molar-refractivity contribution in [3.8, 4) is 0 Å². The number of furan rings is 1. The molecule has 0 fully saturated rings. The Bertz CT molecular complexity index is 948. The van der Waals surface area contributed by atoms with Gasteiger partial charge in [-0.05, 0) is 67.0 Å². The van der Waals surface area contributed by atoms with Crippen LogP contribution >= 0.6 is 12.2 Å². The third kappa shape index (κ3) is 5.08. The molecular formula is C21H23N3O2S. The zero-order valence-electron chi connectivity index (χ0n) is 15.2. The number of aryl methyl sites for hydroxylation is 1. The molecule has 0 radical (unpaired) electrons. The molecule has 2 aromatic carbocycles. The van der Waals surface area contributed by atoms with Gasteiger partial charge in [-0.15, -0.1) is 0 Å². The zero-order chi connectivity index (χ0) is 19.2. The highest BCUT2D eigenvalue weighted by Gasteiger charge is 2.14. The summed E-state index contributed by atoms with van der Waals surface area (Å²) in [5.41, 5.74) is 9.09. The minimum absolute atomic E-state index is 0.186. The van der Waals surface area contributed by atoms with Crippen molar-refractivity contribution >= 4 is 45.6 Å². The molecule has 3 aromatic rings. The molecule has 4 N–H and O–H groups in total. The average molecular weight is 382 g/mol. The average Bonchev–Trinajstić information content (AvgIpc) is 3.06. The Kier molecular flexibility index (Phi) is 6.08. The first-order chi connectivity index (χ1) is 13.0. The monoisotopic (exact) mass is 381 g/mol. The van der Waals surface area contributed by atoms with Crippen LogP contribution in [0, 0.1) is 0 Å².